The molecule has 15 heavy (non-hydrogen) atoms. The van der Waals surface area contributed by atoms with Crippen molar-refractivity contribution in [1.29, 1.82) is 0 Å². The van der Waals surface area contributed by atoms with Gasteiger partial charge in [-0.2, -0.15) is 0 Å². The highest BCUT2D eigenvalue weighted by Gasteiger charge is 2.40. The van der Waals surface area contributed by atoms with Crippen LogP contribution in [0.15, 0.2) is 0 Å². The average molecular weight is 209 g/mol. The summed E-state index contributed by atoms with van der Waals surface area (Å²) in [6.07, 6.45) is 5.31. The van der Waals surface area contributed by atoms with E-state index in [4.69, 9.17) is 4.74 Å². The molecule has 0 aromatic carbocycles. The molecule has 2 bridgehead atoms. The fourth-order valence-electron chi connectivity index (χ4n) is 3.39. The molecular formula is C12H19NO2. The Morgan fingerprint density at radius 3 is 2.53 bits per heavy atom. The molecule has 3 saturated heterocycles. The van der Waals surface area contributed by atoms with E-state index in [1.54, 1.807) is 0 Å². The molecule has 3 fully saturated rings. The van der Waals surface area contributed by atoms with Gasteiger partial charge in [0.25, 0.3) is 0 Å². The number of carbonyl (C=O) groups is 1. The second-order valence-corrected chi connectivity index (χ2v) is 5.26. The van der Waals surface area contributed by atoms with E-state index in [1.165, 1.54) is 25.8 Å². The normalized spacial score (nSPS) is 41.3. The van der Waals surface area contributed by atoms with Crippen molar-refractivity contribution in [2.24, 2.45) is 5.92 Å². The number of piperidine rings is 1. The number of Topliss-reactive ketones (excluding diaryl/α,β-unsaturated/α-hetero) is 1. The van der Waals surface area contributed by atoms with E-state index in [-0.39, 0.29) is 0 Å². The van der Waals surface area contributed by atoms with Crippen LogP contribution in [0.25, 0.3) is 0 Å². The number of nitrogens with zero attached hydrogens (tertiary/aromatic N) is 1. The molecule has 0 aliphatic carbocycles. The number of hydrogen-bond acceptors (Lipinski definition) is 3. The highest BCUT2D eigenvalue weighted by atomic mass is 16.5. The standard InChI is InChI=1S/C12H19NO2/c14-12-5-10-1-2-11(6-12)13(10)7-9-3-4-15-8-9/h9-11H,1-8H2. The second-order valence-electron chi connectivity index (χ2n) is 5.26. The van der Waals surface area contributed by atoms with Gasteiger partial charge in [-0.05, 0) is 25.2 Å². The van der Waals surface area contributed by atoms with Crippen LogP contribution in [-0.4, -0.2) is 42.5 Å². The zero-order valence-electron chi connectivity index (χ0n) is 9.15. The van der Waals surface area contributed by atoms with Crippen LogP contribution in [0.2, 0.25) is 0 Å². The summed E-state index contributed by atoms with van der Waals surface area (Å²) in [6, 6.07) is 1.13. The van der Waals surface area contributed by atoms with Gasteiger partial charge in [-0.15, -0.1) is 0 Å². The van der Waals surface area contributed by atoms with Crippen LogP contribution in [-0.2, 0) is 9.53 Å². The SMILES string of the molecule is O=C1CC2CCC(C1)N2CC1CCOC1. The van der Waals surface area contributed by atoms with Crippen molar-refractivity contribution < 1.29 is 9.53 Å². The number of ether oxygens (including phenoxy) is 1. The average Bonchev–Trinajstić information content (AvgIpc) is 2.77. The van der Waals surface area contributed by atoms with Crippen molar-refractivity contribution in [3.05, 3.63) is 0 Å². The molecule has 0 N–H and O–H groups in total. The van der Waals surface area contributed by atoms with Gasteiger partial charge in [-0.25, -0.2) is 0 Å². The largest absolute Gasteiger partial charge is 0.381 e. The van der Waals surface area contributed by atoms with Crippen molar-refractivity contribution in [3.8, 4) is 0 Å². The van der Waals surface area contributed by atoms with Gasteiger partial charge in [0.05, 0.1) is 6.61 Å². The molecule has 0 radical (unpaired) electrons. The van der Waals surface area contributed by atoms with Gasteiger partial charge >= 0.3 is 0 Å². The van der Waals surface area contributed by atoms with Gasteiger partial charge in [-0.1, -0.05) is 0 Å². The smallest absolute Gasteiger partial charge is 0.136 e. The maximum atomic E-state index is 11.5. The Kier molecular flexibility index (Phi) is 2.53. The van der Waals surface area contributed by atoms with Crippen LogP contribution in [0.5, 0.6) is 0 Å². The molecule has 0 aromatic heterocycles. The summed E-state index contributed by atoms with van der Waals surface area (Å²) >= 11 is 0. The van der Waals surface area contributed by atoms with Crippen LogP contribution in [0.1, 0.15) is 32.1 Å². The Balaban J connectivity index is 1.64. The van der Waals surface area contributed by atoms with E-state index in [9.17, 15) is 4.79 Å². The van der Waals surface area contributed by atoms with Crippen LogP contribution in [0.3, 0.4) is 0 Å². The summed E-state index contributed by atoms with van der Waals surface area (Å²) in [5.74, 6) is 1.21. The van der Waals surface area contributed by atoms with Gasteiger partial charge in [0, 0.05) is 38.1 Å². The first-order valence-electron chi connectivity index (χ1n) is 6.18. The predicted octanol–water partition coefficient (Wildman–Crippen LogP) is 1.22. The summed E-state index contributed by atoms with van der Waals surface area (Å²) in [7, 11) is 0. The lowest BCUT2D eigenvalue weighted by Gasteiger charge is -2.35. The summed E-state index contributed by atoms with van der Waals surface area (Å²) in [6.45, 7) is 3.04. The molecule has 3 atom stereocenters. The molecule has 0 aromatic rings. The molecule has 84 valence electrons. The lowest BCUT2D eigenvalue weighted by Crippen LogP contribution is -2.45. The Morgan fingerprint density at radius 1 is 1.20 bits per heavy atom. The first-order valence-corrected chi connectivity index (χ1v) is 6.18. The van der Waals surface area contributed by atoms with Crippen LogP contribution >= 0.6 is 0 Å². The third kappa shape index (κ3) is 1.83. The third-order valence-corrected chi connectivity index (χ3v) is 4.19. The maximum absolute atomic E-state index is 11.5. The quantitative estimate of drug-likeness (QED) is 0.685. The monoisotopic (exact) mass is 209 g/mol. The highest BCUT2D eigenvalue weighted by Crippen LogP contribution is 2.35. The zero-order valence-corrected chi connectivity index (χ0v) is 9.15. The number of rotatable bonds is 2. The minimum Gasteiger partial charge on any atom is -0.381 e. The molecule has 3 nitrogen and oxygen atoms in total. The first kappa shape index (κ1) is 9.79. The van der Waals surface area contributed by atoms with Gasteiger partial charge in [0.2, 0.25) is 0 Å². The minimum absolute atomic E-state index is 0.487. The first-order chi connectivity index (χ1) is 7.33. The van der Waals surface area contributed by atoms with Crippen molar-refractivity contribution in [2.75, 3.05) is 19.8 Å². The number of carbonyl (C=O) groups excluding carboxylic acids is 1. The lowest BCUT2D eigenvalue weighted by atomic mass is 9.99. The molecule has 3 heterocycles. The molecule has 0 saturated carbocycles. The summed E-state index contributed by atoms with van der Waals surface area (Å²) in [5, 5.41) is 0. The Labute approximate surface area is 90.8 Å². The third-order valence-electron chi connectivity index (χ3n) is 4.19. The topological polar surface area (TPSA) is 29.5 Å². The van der Waals surface area contributed by atoms with Gasteiger partial charge in [-0.3, -0.25) is 9.69 Å². The summed E-state index contributed by atoms with van der Waals surface area (Å²) in [4.78, 5) is 14.1. The number of hydrogen-bond donors (Lipinski definition) is 0. The van der Waals surface area contributed by atoms with E-state index in [0.29, 0.717) is 17.9 Å². The molecule has 3 rings (SSSR count). The van der Waals surface area contributed by atoms with Gasteiger partial charge in [0.15, 0.2) is 0 Å². The van der Waals surface area contributed by atoms with E-state index in [0.717, 1.165) is 32.0 Å². The Bertz CT molecular complexity index is 244. The van der Waals surface area contributed by atoms with E-state index in [2.05, 4.69) is 4.90 Å². The minimum atomic E-state index is 0.487. The van der Waals surface area contributed by atoms with Crippen molar-refractivity contribution in [3.63, 3.8) is 0 Å². The second kappa shape index (κ2) is 3.87. The fourth-order valence-corrected chi connectivity index (χ4v) is 3.39. The lowest BCUT2D eigenvalue weighted by molar-refractivity contribution is -0.123. The molecule has 3 aliphatic rings. The van der Waals surface area contributed by atoms with Gasteiger partial charge in [0.1, 0.15) is 5.78 Å². The molecule has 3 unspecified atom stereocenters. The van der Waals surface area contributed by atoms with Crippen molar-refractivity contribution in [2.45, 2.75) is 44.2 Å². The predicted molar refractivity (Wildman–Crippen MR) is 56.7 cm³/mol. The fraction of sp³-hybridized carbons (Fsp3) is 0.917. The maximum Gasteiger partial charge on any atom is 0.136 e. The van der Waals surface area contributed by atoms with Crippen molar-refractivity contribution in [1.82, 2.24) is 4.90 Å². The molecular weight excluding hydrogens is 190 g/mol. The van der Waals surface area contributed by atoms with E-state index in [1.807, 2.05) is 0 Å². The van der Waals surface area contributed by atoms with E-state index < -0.39 is 0 Å². The highest BCUT2D eigenvalue weighted by molar-refractivity contribution is 5.80. The summed E-state index contributed by atoms with van der Waals surface area (Å²) in [5.41, 5.74) is 0. The Hall–Kier alpha value is -0.410. The van der Waals surface area contributed by atoms with Crippen LogP contribution in [0.4, 0.5) is 0 Å². The molecule has 3 heteroatoms. The van der Waals surface area contributed by atoms with Crippen LogP contribution < -0.4 is 0 Å². The van der Waals surface area contributed by atoms with E-state index >= 15 is 0 Å². The number of fused-ring (bicyclic) bond motifs is 2. The van der Waals surface area contributed by atoms with Gasteiger partial charge < -0.3 is 4.74 Å². The molecule has 0 amide bonds. The van der Waals surface area contributed by atoms with Crippen molar-refractivity contribution >= 4 is 5.78 Å². The Morgan fingerprint density at radius 2 is 1.93 bits per heavy atom. The zero-order chi connectivity index (χ0) is 10.3. The van der Waals surface area contributed by atoms with Crippen LogP contribution in [0, 0.1) is 5.92 Å². The molecule has 3 aliphatic heterocycles. The number of ketones is 1. The molecule has 0 spiro atoms. The summed E-state index contributed by atoms with van der Waals surface area (Å²) < 4.78 is 5.42.